The Labute approximate surface area is 129 Å². The van der Waals surface area contributed by atoms with Crippen LogP contribution in [0, 0.1) is 0 Å². The third-order valence-corrected chi connectivity index (χ3v) is 2.48. The fraction of sp³-hybridized carbons (Fsp3) is 0.600. The molecule has 2 atom stereocenters. The molecule has 2 aliphatic heterocycles. The Morgan fingerprint density at radius 3 is 1.74 bits per heavy atom. The number of hydrogen-bond acceptors (Lipinski definition) is 10. The first-order valence-electron chi connectivity index (χ1n) is 6.38. The topological polar surface area (TPSA) is 148 Å². The van der Waals surface area contributed by atoms with Crippen molar-refractivity contribution >= 4 is 32.0 Å². The Morgan fingerprint density at radius 2 is 1.39 bits per heavy atom. The van der Waals surface area contributed by atoms with Crippen molar-refractivity contribution in [2.75, 3.05) is 26.4 Å². The molecular formula is C10H12BN2O10. The van der Waals surface area contributed by atoms with E-state index in [2.05, 4.69) is 29.4 Å². The molecule has 125 valence electrons. The Kier molecular flexibility index (Phi) is 5.71. The van der Waals surface area contributed by atoms with Crippen LogP contribution in [0.3, 0.4) is 0 Å². The van der Waals surface area contributed by atoms with Gasteiger partial charge < -0.3 is 38.9 Å². The first-order chi connectivity index (χ1) is 11.0. The molecule has 0 aromatic heterocycles. The van der Waals surface area contributed by atoms with Crippen molar-refractivity contribution in [1.82, 2.24) is 10.5 Å². The monoisotopic (exact) mass is 331 g/mol. The zero-order valence-electron chi connectivity index (χ0n) is 11.6. The first kappa shape index (κ1) is 16.5. The molecule has 0 spiro atoms. The van der Waals surface area contributed by atoms with Gasteiger partial charge in [-0.1, -0.05) is 0 Å². The molecule has 2 aliphatic rings. The van der Waals surface area contributed by atoms with Gasteiger partial charge in [-0.25, -0.2) is 19.2 Å². The lowest BCUT2D eigenvalue weighted by molar-refractivity contribution is 0.0737. The van der Waals surface area contributed by atoms with Gasteiger partial charge in [-0.2, -0.15) is 0 Å². The summed E-state index contributed by atoms with van der Waals surface area (Å²) in [5.74, 6) is 0. The summed E-state index contributed by atoms with van der Waals surface area (Å²) in [6, 6.07) is 0. The second-order valence-corrected chi connectivity index (χ2v) is 4.23. The molecule has 23 heavy (non-hydrogen) atoms. The summed E-state index contributed by atoms with van der Waals surface area (Å²) in [5.41, 5.74) is 0. The van der Waals surface area contributed by atoms with Crippen LogP contribution in [-0.2, 0) is 28.4 Å². The molecule has 2 heterocycles. The van der Waals surface area contributed by atoms with E-state index in [1.54, 1.807) is 0 Å². The van der Waals surface area contributed by atoms with E-state index < -0.39 is 36.7 Å². The molecule has 2 N–H and O–H groups in total. The average molecular weight is 331 g/mol. The fourth-order valence-electron chi connectivity index (χ4n) is 1.47. The van der Waals surface area contributed by atoms with E-state index in [-0.39, 0.29) is 26.4 Å². The number of carbonyl (C=O) groups excluding carboxylic acids is 4. The van der Waals surface area contributed by atoms with Crippen LogP contribution in [0.1, 0.15) is 0 Å². The van der Waals surface area contributed by atoms with E-state index >= 15 is 0 Å². The third kappa shape index (κ3) is 5.80. The Balaban J connectivity index is 1.48. The van der Waals surface area contributed by atoms with Gasteiger partial charge >= 0.3 is 32.0 Å². The lowest BCUT2D eigenvalue weighted by Gasteiger charge is -2.10. The summed E-state index contributed by atoms with van der Waals surface area (Å²) in [5, 5.41) is 4.19. The van der Waals surface area contributed by atoms with Crippen molar-refractivity contribution in [3.8, 4) is 0 Å². The van der Waals surface area contributed by atoms with Crippen LogP contribution < -0.4 is 10.5 Å². The third-order valence-electron chi connectivity index (χ3n) is 2.48. The fourth-order valence-corrected chi connectivity index (χ4v) is 1.47. The molecule has 2 saturated heterocycles. The van der Waals surface area contributed by atoms with Crippen LogP contribution >= 0.6 is 0 Å². The molecular weight excluding hydrogens is 319 g/mol. The SMILES string of the molecule is O=C(N[B]NC(=O)OCC1COC(=O)O1)OCC1COC(=O)O1. The van der Waals surface area contributed by atoms with Gasteiger partial charge in [0.1, 0.15) is 26.4 Å². The van der Waals surface area contributed by atoms with Gasteiger partial charge in [0.15, 0.2) is 12.2 Å². The molecule has 0 bridgehead atoms. The molecule has 13 heteroatoms. The number of carbonyl (C=O) groups is 4. The van der Waals surface area contributed by atoms with Crippen LogP contribution in [-0.4, -0.2) is 70.7 Å². The average Bonchev–Trinajstić information content (AvgIpc) is 3.11. The maximum atomic E-state index is 11.3. The van der Waals surface area contributed by atoms with Crippen molar-refractivity contribution in [3.63, 3.8) is 0 Å². The van der Waals surface area contributed by atoms with Gasteiger partial charge in [0.2, 0.25) is 0 Å². The molecule has 0 aliphatic carbocycles. The second kappa shape index (κ2) is 7.96. The zero-order valence-corrected chi connectivity index (χ0v) is 11.6. The van der Waals surface area contributed by atoms with Gasteiger partial charge in [-0.05, 0) is 0 Å². The summed E-state index contributed by atoms with van der Waals surface area (Å²) >= 11 is 0. The molecule has 1 radical (unpaired) electrons. The Morgan fingerprint density at radius 1 is 0.957 bits per heavy atom. The van der Waals surface area contributed by atoms with Gasteiger partial charge in [-0.15, -0.1) is 0 Å². The summed E-state index contributed by atoms with van der Waals surface area (Å²) in [7, 11) is 0.888. The molecule has 2 unspecified atom stereocenters. The van der Waals surface area contributed by atoms with Crippen molar-refractivity contribution < 1.29 is 47.6 Å². The highest BCUT2D eigenvalue weighted by Crippen LogP contribution is 2.06. The number of ether oxygens (including phenoxy) is 6. The van der Waals surface area contributed by atoms with E-state index in [1.165, 1.54) is 0 Å². The Hall–Kier alpha value is -2.86. The predicted octanol–water partition coefficient (Wildman–Crippen LogP) is -0.956. The lowest BCUT2D eigenvalue weighted by Crippen LogP contribution is -2.42. The second-order valence-electron chi connectivity index (χ2n) is 4.23. The minimum absolute atomic E-state index is 0.00411. The van der Waals surface area contributed by atoms with E-state index in [1.807, 2.05) is 0 Å². The molecule has 12 nitrogen and oxygen atoms in total. The lowest BCUT2D eigenvalue weighted by atomic mass is 10.2. The minimum atomic E-state index is -0.883. The standard InChI is InChI=1S/C10H12BN2O10/c14-7(18-1-5-3-20-9(16)22-5)12-11-13-8(15)19-2-6-4-21-10(17)23-6/h5-6H,1-4H2,(H,12,14)(H,13,15). The molecule has 2 fully saturated rings. The van der Waals surface area contributed by atoms with E-state index in [0.29, 0.717) is 0 Å². The quantitative estimate of drug-likeness (QED) is 0.354. The highest BCUT2D eigenvalue weighted by molar-refractivity contribution is 6.37. The van der Waals surface area contributed by atoms with Gasteiger partial charge in [0, 0.05) is 0 Å². The maximum absolute atomic E-state index is 11.3. The smallest absolute Gasteiger partial charge is 0.446 e. The molecule has 0 aromatic rings. The number of hydrogen-bond donors (Lipinski definition) is 2. The van der Waals surface area contributed by atoms with Crippen molar-refractivity contribution in [2.24, 2.45) is 0 Å². The van der Waals surface area contributed by atoms with Crippen LogP contribution in [0.2, 0.25) is 0 Å². The highest BCUT2D eigenvalue weighted by atomic mass is 16.8. The summed E-state index contributed by atoms with van der Waals surface area (Å²) in [6.45, 7) is -0.391. The van der Waals surface area contributed by atoms with Crippen LogP contribution in [0.25, 0.3) is 0 Å². The van der Waals surface area contributed by atoms with E-state index in [0.717, 1.165) is 7.55 Å². The van der Waals surface area contributed by atoms with Gasteiger partial charge in [-0.3, -0.25) is 0 Å². The van der Waals surface area contributed by atoms with Crippen LogP contribution in [0.15, 0.2) is 0 Å². The minimum Gasteiger partial charge on any atom is -0.446 e. The molecule has 2 amide bonds. The van der Waals surface area contributed by atoms with Gasteiger partial charge in [0.25, 0.3) is 0 Å². The molecule has 0 saturated carbocycles. The molecule has 2 rings (SSSR count). The van der Waals surface area contributed by atoms with Crippen molar-refractivity contribution in [1.29, 1.82) is 0 Å². The van der Waals surface area contributed by atoms with E-state index in [9.17, 15) is 19.2 Å². The van der Waals surface area contributed by atoms with Crippen LogP contribution in [0.5, 0.6) is 0 Å². The maximum Gasteiger partial charge on any atom is 0.508 e. The number of rotatable bonds is 6. The summed E-state index contributed by atoms with van der Waals surface area (Å²) in [6.07, 6.45) is -4.75. The molecule has 0 aromatic carbocycles. The predicted molar refractivity (Wildman–Crippen MR) is 67.2 cm³/mol. The summed E-state index contributed by atoms with van der Waals surface area (Å²) < 4.78 is 27.7. The zero-order chi connectivity index (χ0) is 16.7. The van der Waals surface area contributed by atoms with E-state index in [4.69, 9.17) is 9.47 Å². The summed E-state index contributed by atoms with van der Waals surface area (Å²) in [4.78, 5) is 43.7. The number of cyclic esters (lactones) is 4. The van der Waals surface area contributed by atoms with Gasteiger partial charge in [0.05, 0.1) is 0 Å². The normalized spacial score (nSPS) is 22.1. The highest BCUT2D eigenvalue weighted by Gasteiger charge is 2.27. The van der Waals surface area contributed by atoms with Crippen molar-refractivity contribution in [2.45, 2.75) is 12.2 Å². The first-order valence-corrected chi connectivity index (χ1v) is 6.38. The largest absolute Gasteiger partial charge is 0.508 e. The van der Waals surface area contributed by atoms with Crippen LogP contribution in [0.4, 0.5) is 19.2 Å². The number of amides is 2. The van der Waals surface area contributed by atoms with Crippen molar-refractivity contribution in [3.05, 3.63) is 0 Å². The number of nitrogens with one attached hydrogen (secondary N) is 2. The Bertz CT molecular complexity index is 444.